The Morgan fingerprint density at radius 1 is 1.18 bits per heavy atom. The Balaban J connectivity index is 1.56. The highest BCUT2D eigenvalue weighted by atomic mass is 35.5. The van der Waals surface area contributed by atoms with Crippen molar-refractivity contribution >= 4 is 60.9 Å². The number of nitrogens with two attached hydrogens (primary N) is 1. The van der Waals surface area contributed by atoms with E-state index in [2.05, 4.69) is 15.0 Å². The summed E-state index contributed by atoms with van der Waals surface area (Å²) in [6.45, 7) is 4.25. The number of carbonyl (C=O) groups is 1. The molecular formula is C23H21ClF2N6OS. The van der Waals surface area contributed by atoms with E-state index in [0.29, 0.717) is 49.4 Å². The van der Waals surface area contributed by atoms with Gasteiger partial charge in [-0.25, -0.2) is 23.7 Å². The van der Waals surface area contributed by atoms with Crippen LogP contribution in [0.2, 0.25) is 5.02 Å². The fourth-order valence-corrected chi connectivity index (χ4v) is 5.41. The lowest BCUT2D eigenvalue weighted by Gasteiger charge is -2.35. The fraction of sp³-hybridized carbons (Fsp3) is 0.304. The molecule has 0 saturated carbocycles. The van der Waals surface area contributed by atoms with E-state index in [9.17, 15) is 9.18 Å². The predicted octanol–water partition coefficient (Wildman–Crippen LogP) is 4.87. The minimum atomic E-state index is -0.637. The molecule has 3 heterocycles. The fourth-order valence-electron chi connectivity index (χ4n) is 4.35. The Morgan fingerprint density at radius 2 is 1.94 bits per heavy atom. The molecule has 0 radical (unpaired) electrons. The van der Waals surface area contributed by atoms with E-state index in [-0.39, 0.29) is 37.4 Å². The molecule has 2 N–H and O–H groups in total. The third-order valence-electron chi connectivity index (χ3n) is 5.98. The van der Waals surface area contributed by atoms with Crippen LogP contribution in [-0.4, -0.2) is 51.9 Å². The zero-order chi connectivity index (χ0) is 24.0. The van der Waals surface area contributed by atoms with Crippen LogP contribution in [0, 0.1) is 11.6 Å². The number of amides is 1. The molecule has 34 heavy (non-hydrogen) atoms. The smallest absolute Gasteiger partial charge is 0.222 e. The van der Waals surface area contributed by atoms with Gasteiger partial charge in [0, 0.05) is 49.1 Å². The molecule has 4 aromatic rings. The lowest BCUT2D eigenvalue weighted by molar-refractivity contribution is -0.131. The molecule has 0 bridgehead atoms. The minimum Gasteiger partial charge on any atom is -0.375 e. The minimum absolute atomic E-state index is 0.0871. The van der Waals surface area contributed by atoms with Crippen molar-refractivity contribution in [1.29, 1.82) is 0 Å². The molecular weight excluding hydrogens is 482 g/mol. The summed E-state index contributed by atoms with van der Waals surface area (Å²) in [5.74, 6) is -0.419. The number of hydrogen-bond acceptors (Lipinski definition) is 7. The van der Waals surface area contributed by atoms with Gasteiger partial charge in [-0.2, -0.15) is 0 Å². The summed E-state index contributed by atoms with van der Waals surface area (Å²) in [5, 5.41) is 0.787. The van der Waals surface area contributed by atoms with Crippen molar-refractivity contribution < 1.29 is 13.6 Å². The van der Waals surface area contributed by atoms with Crippen LogP contribution in [0.25, 0.3) is 32.2 Å². The average molecular weight is 503 g/mol. The number of aromatic nitrogens is 3. The van der Waals surface area contributed by atoms with E-state index >= 15 is 4.39 Å². The van der Waals surface area contributed by atoms with Gasteiger partial charge in [-0.05, 0) is 24.6 Å². The summed E-state index contributed by atoms with van der Waals surface area (Å²) < 4.78 is 30.4. The Labute approximate surface area is 203 Å². The lowest BCUT2D eigenvalue weighted by atomic mass is 10.0. The molecule has 1 aliphatic heterocycles. The van der Waals surface area contributed by atoms with Gasteiger partial charge in [0.2, 0.25) is 5.91 Å². The van der Waals surface area contributed by atoms with Crippen LogP contribution in [-0.2, 0) is 4.79 Å². The molecule has 1 fully saturated rings. The van der Waals surface area contributed by atoms with Crippen molar-refractivity contribution in [2.75, 3.05) is 36.8 Å². The van der Waals surface area contributed by atoms with Gasteiger partial charge in [0.1, 0.15) is 23.5 Å². The number of benzene rings is 2. The highest BCUT2D eigenvalue weighted by Crippen LogP contribution is 2.42. The molecule has 0 spiro atoms. The maximum Gasteiger partial charge on any atom is 0.222 e. The first kappa shape index (κ1) is 22.7. The summed E-state index contributed by atoms with van der Waals surface area (Å²) >= 11 is 7.58. The maximum atomic E-state index is 15.9. The van der Waals surface area contributed by atoms with Crippen LogP contribution in [0.3, 0.4) is 0 Å². The Bertz CT molecular complexity index is 1420. The highest BCUT2D eigenvalue weighted by molar-refractivity contribution is 7.22. The maximum absolute atomic E-state index is 15.9. The van der Waals surface area contributed by atoms with Gasteiger partial charge in [-0.15, -0.1) is 0 Å². The number of carbonyl (C=O) groups excluding carboxylic acids is 1. The van der Waals surface area contributed by atoms with E-state index < -0.39 is 11.6 Å². The number of halogens is 3. The molecule has 176 valence electrons. The molecule has 2 aromatic heterocycles. The second-order valence-electron chi connectivity index (χ2n) is 8.08. The van der Waals surface area contributed by atoms with Crippen LogP contribution in [0.5, 0.6) is 0 Å². The average Bonchev–Trinajstić information content (AvgIpc) is 3.23. The Kier molecular flexibility index (Phi) is 5.95. The Hall–Kier alpha value is -3.11. The molecule has 1 aliphatic rings. The van der Waals surface area contributed by atoms with Crippen molar-refractivity contribution in [3.05, 3.63) is 41.2 Å². The van der Waals surface area contributed by atoms with Gasteiger partial charge in [0.05, 0.1) is 15.2 Å². The SMILES string of the molecule is CCCC(=O)N1CCN(c2ncnc3c(F)c(-c4ccc(F)c5sc(N)nc45)c(Cl)cc23)CC1. The molecule has 0 aliphatic carbocycles. The van der Waals surface area contributed by atoms with Gasteiger partial charge in [-0.1, -0.05) is 29.9 Å². The van der Waals surface area contributed by atoms with Gasteiger partial charge >= 0.3 is 0 Å². The number of hydrogen-bond donors (Lipinski definition) is 1. The van der Waals surface area contributed by atoms with E-state index in [1.165, 1.54) is 18.5 Å². The number of nitrogens with zero attached hydrogens (tertiary/aromatic N) is 5. The summed E-state index contributed by atoms with van der Waals surface area (Å²) in [4.78, 5) is 28.8. The van der Waals surface area contributed by atoms with Crippen LogP contribution >= 0.6 is 22.9 Å². The van der Waals surface area contributed by atoms with Gasteiger partial charge in [0.25, 0.3) is 0 Å². The Morgan fingerprint density at radius 3 is 2.68 bits per heavy atom. The quantitative estimate of drug-likeness (QED) is 0.428. The van der Waals surface area contributed by atoms with Crippen LogP contribution in [0.15, 0.2) is 24.5 Å². The molecule has 5 rings (SSSR count). The topological polar surface area (TPSA) is 88.2 Å². The van der Waals surface area contributed by atoms with E-state index in [0.717, 1.165) is 17.8 Å². The van der Waals surface area contributed by atoms with Crippen molar-refractivity contribution in [2.24, 2.45) is 0 Å². The molecule has 1 amide bonds. The number of thiazole rings is 1. The second-order valence-corrected chi connectivity index (χ2v) is 9.52. The van der Waals surface area contributed by atoms with Crippen molar-refractivity contribution in [2.45, 2.75) is 19.8 Å². The van der Waals surface area contributed by atoms with Gasteiger partial charge < -0.3 is 15.5 Å². The van der Waals surface area contributed by atoms with E-state index in [4.69, 9.17) is 17.3 Å². The normalized spacial score (nSPS) is 14.4. The van der Waals surface area contributed by atoms with Crippen molar-refractivity contribution in [3.63, 3.8) is 0 Å². The first-order chi connectivity index (χ1) is 16.4. The molecule has 0 atom stereocenters. The first-order valence-electron chi connectivity index (χ1n) is 10.9. The summed E-state index contributed by atoms with van der Waals surface area (Å²) in [6, 6.07) is 4.33. The number of fused-ring (bicyclic) bond motifs is 2. The largest absolute Gasteiger partial charge is 0.375 e. The zero-order valence-corrected chi connectivity index (χ0v) is 19.9. The number of piperazine rings is 1. The first-order valence-corrected chi connectivity index (χ1v) is 12.1. The third kappa shape index (κ3) is 3.80. The number of anilines is 2. The second kappa shape index (κ2) is 8.92. The van der Waals surface area contributed by atoms with Crippen LogP contribution in [0.1, 0.15) is 19.8 Å². The molecule has 2 aromatic carbocycles. The van der Waals surface area contributed by atoms with Crippen molar-refractivity contribution in [3.8, 4) is 11.1 Å². The van der Waals surface area contributed by atoms with E-state index in [1.54, 1.807) is 6.07 Å². The summed E-state index contributed by atoms with van der Waals surface area (Å²) in [7, 11) is 0. The summed E-state index contributed by atoms with van der Waals surface area (Å²) in [5.41, 5.74) is 6.58. The molecule has 7 nitrogen and oxygen atoms in total. The number of rotatable bonds is 4. The zero-order valence-electron chi connectivity index (χ0n) is 18.3. The standard InChI is InChI=1S/C23H21ClF2N6OS/c1-2-3-16(33)31-6-8-32(9-7-31)22-13-10-14(24)17(18(26)19(13)28-11-29-22)12-4-5-15(25)21-20(12)30-23(27)34-21/h4-5,10-11H,2-3,6-9H2,1H3,(H2,27,30). The third-order valence-corrected chi connectivity index (χ3v) is 7.17. The van der Waals surface area contributed by atoms with Gasteiger partial charge in [0.15, 0.2) is 10.9 Å². The van der Waals surface area contributed by atoms with Gasteiger partial charge in [-0.3, -0.25) is 4.79 Å². The number of nitrogen functional groups attached to an aromatic ring is 1. The van der Waals surface area contributed by atoms with Crippen molar-refractivity contribution in [1.82, 2.24) is 19.9 Å². The van der Waals surface area contributed by atoms with Crippen LogP contribution in [0.4, 0.5) is 19.7 Å². The summed E-state index contributed by atoms with van der Waals surface area (Å²) in [6.07, 6.45) is 2.65. The lowest BCUT2D eigenvalue weighted by Crippen LogP contribution is -2.49. The molecule has 0 unspecified atom stereocenters. The predicted molar refractivity (Wildman–Crippen MR) is 131 cm³/mol. The van der Waals surface area contributed by atoms with E-state index in [1.807, 2.05) is 16.7 Å². The monoisotopic (exact) mass is 502 g/mol. The van der Waals surface area contributed by atoms with Crippen LogP contribution < -0.4 is 10.6 Å². The molecule has 11 heteroatoms. The highest BCUT2D eigenvalue weighted by Gasteiger charge is 2.26. The molecule has 1 saturated heterocycles.